The lowest BCUT2D eigenvalue weighted by molar-refractivity contribution is -0.275. The zero-order chi connectivity index (χ0) is 21.7. The zero-order valence-electron chi connectivity index (χ0n) is 14.2. The molecule has 0 radical (unpaired) electrons. The summed E-state index contributed by atoms with van der Waals surface area (Å²) >= 11 is 0. The first-order valence-electron chi connectivity index (χ1n) is 7.72. The van der Waals surface area contributed by atoms with Crippen molar-refractivity contribution in [2.24, 2.45) is 0 Å². The van der Waals surface area contributed by atoms with E-state index in [-0.39, 0.29) is 11.4 Å². The van der Waals surface area contributed by atoms with Crippen LogP contribution in [0.5, 0.6) is 11.5 Å². The minimum Gasteiger partial charge on any atom is -0.404 e. The van der Waals surface area contributed by atoms with E-state index >= 15 is 0 Å². The number of para-hydroxylation sites is 4. The van der Waals surface area contributed by atoms with Crippen molar-refractivity contribution in [3.8, 4) is 11.5 Å². The van der Waals surface area contributed by atoms with Gasteiger partial charge in [-0.3, -0.25) is 9.59 Å². The van der Waals surface area contributed by atoms with Gasteiger partial charge in [0.15, 0.2) is 11.5 Å². The molecule has 12 heteroatoms. The normalized spacial score (nSPS) is 11.5. The summed E-state index contributed by atoms with van der Waals surface area (Å²) in [7, 11) is 0. The van der Waals surface area contributed by atoms with Crippen molar-refractivity contribution in [2.45, 2.75) is 19.1 Å². The Bertz CT molecular complexity index is 811. The van der Waals surface area contributed by atoms with Gasteiger partial charge in [-0.2, -0.15) is 0 Å². The van der Waals surface area contributed by atoms with Crippen LogP contribution in [0.3, 0.4) is 0 Å². The first kappa shape index (κ1) is 21.9. The minimum atomic E-state index is -5.00. The number of hydrogen-bond donors (Lipinski definition) is 2. The molecule has 0 unspecified atom stereocenters. The van der Waals surface area contributed by atoms with E-state index in [9.17, 15) is 35.9 Å². The topological polar surface area (TPSA) is 76.7 Å². The van der Waals surface area contributed by atoms with Crippen LogP contribution in [0.1, 0.15) is 6.42 Å². The van der Waals surface area contributed by atoms with Crippen LogP contribution in [-0.4, -0.2) is 24.5 Å². The first-order valence-corrected chi connectivity index (χ1v) is 7.72. The van der Waals surface area contributed by atoms with E-state index in [1.807, 2.05) is 0 Å². The highest BCUT2D eigenvalue weighted by Gasteiger charge is 2.33. The molecule has 0 bridgehead atoms. The average Bonchev–Trinajstić information content (AvgIpc) is 2.55. The molecule has 2 amide bonds. The second-order valence-electron chi connectivity index (χ2n) is 5.36. The molecule has 29 heavy (non-hydrogen) atoms. The average molecular weight is 422 g/mol. The predicted molar refractivity (Wildman–Crippen MR) is 88.1 cm³/mol. The van der Waals surface area contributed by atoms with Crippen molar-refractivity contribution >= 4 is 23.2 Å². The van der Waals surface area contributed by atoms with Crippen LogP contribution in [0.15, 0.2) is 48.5 Å². The maximum Gasteiger partial charge on any atom is 0.573 e. The van der Waals surface area contributed by atoms with Gasteiger partial charge in [0, 0.05) is 0 Å². The fourth-order valence-corrected chi connectivity index (χ4v) is 2.10. The number of nitrogens with one attached hydrogen (secondary N) is 2. The van der Waals surface area contributed by atoms with E-state index in [0.29, 0.717) is 0 Å². The van der Waals surface area contributed by atoms with E-state index in [1.54, 1.807) is 0 Å². The Morgan fingerprint density at radius 3 is 1.38 bits per heavy atom. The second kappa shape index (κ2) is 8.71. The number of amides is 2. The lowest BCUT2D eigenvalue weighted by Crippen LogP contribution is -2.24. The lowest BCUT2D eigenvalue weighted by Gasteiger charge is -2.15. The standard InChI is InChI=1S/C17H12F6N2O4/c18-16(19,20)28-12-7-3-1-5-10(12)24-14(26)9-15(27)25-11-6-2-4-8-13(11)29-17(21,22)23/h1-8H,9H2,(H,24,26)(H,25,27). The highest BCUT2D eigenvalue weighted by Crippen LogP contribution is 2.31. The van der Waals surface area contributed by atoms with Crippen LogP contribution in [0.4, 0.5) is 37.7 Å². The van der Waals surface area contributed by atoms with E-state index in [4.69, 9.17) is 0 Å². The molecule has 2 aromatic rings. The van der Waals surface area contributed by atoms with Crippen LogP contribution in [0.2, 0.25) is 0 Å². The number of carbonyl (C=O) groups excluding carboxylic acids is 2. The maximum absolute atomic E-state index is 12.4. The fraction of sp³-hybridized carbons (Fsp3) is 0.176. The summed E-state index contributed by atoms with van der Waals surface area (Å²) in [4.78, 5) is 23.8. The van der Waals surface area contributed by atoms with Gasteiger partial charge in [0.2, 0.25) is 11.8 Å². The van der Waals surface area contributed by atoms with Crippen LogP contribution >= 0.6 is 0 Å². The Morgan fingerprint density at radius 2 is 1.03 bits per heavy atom. The van der Waals surface area contributed by atoms with E-state index in [2.05, 4.69) is 20.1 Å². The molecule has 6 nitrogen and oxygen atoms in total. The molecular weight excluding hydrogens is 410 g/mol. The molecular formula is C17H12F6N2O4. The van der Waals surface area contributed by atoms with Crippen molar-refractivity contribution in [1.29, 1.82) is 0 Å². The molecule has 0 fully saturated rings. The van der Waals surface area contributed by atoms with Gasteiger partial charge in [-0.25, -0.2) is 0 Å². The van der Waals surface area contributed by atoms with E-state index < -0.39 is 42.5 Å². The molecule has 0 aliphatic heterocycles. The second-order valence-corrected chi connectivity index (χ2v) is 5.36. The smallest absolute Gasteiger partial charge is 0.404 e. The van der Waals surface area contributed by atoms with Gasteiger partial charge in [-0.15, -0.1) is 26.3 Å². The molecule has 0 saturated carbocycles. The molecule has 0 spiro atoms. The van der Waals surface area contributed by atoms with Gasteiger partial charge in [0.25, 0.3) is 0 Å². The monoisotopic (exact) mass is 422 g/mol. The number of carbonyl (C=O) groups is 2. The Kier molecular flexibility index (Phi) is 6.56. The maximum atomic E-state index is 12.4. The van der Waals surface area contributed by atoms with E-state index in [1.165, 1.54) is 24.3 Å². The summed E-state index contributed by atoms with van der Waals surface area (Å²) in [5, 5.41) is 4.13. The van der Waals surface area contributed by atoms with Crippen molar-refractivity contribution < 1.29 is 45.4 Å². The van der Waals surface area contributed by atoms with Crippen molar-refractivity contribution in [2.75, 3.05) is 10.6 Å². The molecule has 0 aliphatic rings. The molecule has 2 rings (SSSR count). The van der Waals surface area contributed by atoms with E-state index in [0.717, 1.165) is 24.3 Å². The summed E-state index contributed by atoms with van der Waals surface area (Å²) in [5.41, 5.74) is -0.688. The molecule has 2 N–H and O–H groups in total. The lowest BCUT2D eigenvalue weighted by atomic mass is 10.2. The Hall–Kier alpha value is -3.44. The summed E-state index contributed by atoms with van der Waals surface area (Å²) in [6.45, 7) is 0. The molecule has 0 saturated heterocycles. The predicted octanol–water partition coefficient (Wildman–Crippen LogP) is 4.45. The Labute approximate surface area is 159 Å². The summed E-state index contributed by atoms with van der Waals surface area (Å²) in [6, 6.07) is 9.25. The quantitative estimate of drug-likeness (QED) is 0.533. The third-order valence-corrected chi connectivity index (χ3v) is 3.09. The summed E-state index contributed by atoms with van der Waals surface area (Å²) in [5.74, 6) is -3.43. The Balaban J connectivity index is 2.02. The van der Waals surface area contributed by atoms with Crippen LogP contribution in [0.25, 0.3) is 0 Å². The van der Waals surface area contributed by atoms with Gasteiger partial charge in [-0.05, 0) is 24.3 Å². The SMILES string of the molecule is O=C(CC(=O)Nc1ccccc1OC(F)(F)F)Nc1ccccc1OC(F)(F)F. The van der Waals surface area contributed by atoms with Crippen molar-refractivity contribution in [3.05, 3.63) is 48.5 Å². The van der Waals surface area contributed by atoms with Gasteiger partial charge in [-0.1, -0.05) is 24.3 Å². The van der Waals surface area contributed by atoms with Crippen molar-refractivity contribution in [1.82, 2.24) is 0 Å². The third kappa shape index (κ3) is 7.60. The Morgan fingerprint density at radius 1 is 0.690 bits per heavy atom. The number of ether oxygens (including phenoxy) is 2. The van der Waals surface area contributed by atoms with Crippen LogP contribution in [0, 0.1) is 0 Å². The van der Waals surface area contributed by atoms with Gasteiger partial charge in [0.05, 0.1) is 11.4 Å². The molecule has 2 aromatic carbocycles. The molecule has 0 aliphatic carbocycles. The largest absolute Gasteiger partial charge is 0.573 e. The number of rotatable bonds is 6. The van der Waals surface area contributed by atoms with Crippen molar-refractivity contribution in [3.63, 3.8) is 0 Å². The van der Waals surface area contributed by atoms with Crippen LogP contribution < -0.4 is 20.1 Å². The molecule has 0 heterocycles. The van der Waals surface area contributed by atoms with Gasteiger partial charge in [0.1, 0.15) is 6.42 Å². The third-order valence-electron chi connectivity index (χ3n) is 3.09. The number of hydrogen-bond acceptors (Lipinski definition) is 4. The van der Waals surface area contributed by atoms with Crippen LogP contribution in [-0.2, 0) is 9.59 Å². The number of halogens is 6. The summed E-state index contributed by atoms with van der Waals surface area (Å²) < 4.78 is 81.8. The number of benzene rings is 2. The van der Waals surface area contributed by atoms with Gasteiger partial charge < -0.3 is 20.1 Å². The van der Waals surface area contributed by atoms with Gasteiger partial charge >= 0.3 is 12.7 Å². The minimum absolute atomic E-state index is 0.344. The first-order chi connectivity index (χ1) is 13.4. The molecule has 0 atom stereocenters. The molecule has 0 aromatic heterocycles. The number of alkyl halides is 6. The zero-order valence-corrected chi connectivity index (χ0v) is 14.2. The fourth-order valence-electron chi connectivity index (χ4n) is 2.10. The summed E-state index contributed by atoms with van der Waals surface area (Å²) in [6.07, 6.45) is -10.9. The molecule has 156 valence electrons. The highest BCUT2D eigenvalue weighted by molar-refractivity contribution is 6.08. The highest BCUT2D eigenvalue weighted by atomic mass is 19.4. The number of anilines is 2.